The Morgan fingerprint density at radius 3 is 2.78 bits per heavy atom. The van der Waals surface area contributed by atoms with E-state index < -0.39 is 15.6 Å². The van der Waals surface area contributed by atoms with E-state index in [0.717, 1.165) is 6.54 Å². The number of aliphatic hydroxyl groups is 1. The zero-order valence-electron chi connectivity index (χ0n) is 13.4. The van der Waals surface area contributed by atoms with E-state index in [-0.39, 0.29) is 10.8 Å². The number of hydrogen-bond donors (Lipinski definition) is 2. The van der Waals surface area contributed by atoms with E-state index in [0.29, 0.717) is 44.8 Å². The molecule has 2 saturated heterocycles. The molecular formula is C16H24N2O4S. The third kappa shape index (κ3) is 3.24. The zero-order valence-corrected chi connectivity index (χ0v) is 14.2. The van der Waals surface area contributed by atoms with Gasteiger partial charge < -0.3 is 15.2 Å². The van der Waals surface area contributed by atoms with Crippen LogP contribution < -0.4 is 10.1 Å². The van der Waals surface area contributed by atoms with Gasteiger partial charge in [-0.15, -0.1) is 0 Å². The minimum absolute atomic E-state index is 0.0533. The van der Waals surface area contributed by atoms with Crippen LogP contribution in [-0.4, -0.2) is 56.2 Å². The third-order valence-corrected chi connectivity index (χ3v) is 6.76. The number of benzene rings is 1. The van der Waals surface area contributed by atoms with Gasteiger partial charge >= 0.3 is 0 Å². The minimum atomic E-state index is -3.53. The average Bonchev–Trinajstić information content (AvgIpc) is 2.54. The summed E-state index contributed by atoms with van der Waals surface area (Å²) in [5.74, 6) is 0.610. The molecule has 0 amide bonds. The van der Waals surface area contributed by atoms with Crippen LogP contribution in [0.15, 0.2) is 29.2 Å². The van der Waals surface area contributed by atoms with Crippen LogP contribution in [0.2, 0.25) is 0 Å². The van der Waals surface area contributed by atoms with Crippen molar-refractivity contribution in [3.63, 3.8) is 0 Å². The highest BCUT2D eigenvalue weighted by molar-refractivity contribution is 7.89. The first-order chi connectivity index (χ1) is 11.0. The second kappa shape index (κ2) is 6.39. The number of fused-ring (bicyclic) bond motifs is 1. The van der Waals surface area contributed by atoms with Crippen molar-refractivity contribution in [1.29, 1.82) is 0 Å². The lowest BCUT2D eigenvalue weighted by atomic mass is 9.77. The Balaban J connectivity index is 1.77. The molecule has 0 radical (unpaired) electrons. The van der Waals surface area contributed by atoms with Crippen LogP contribution in [0.3, 0.4) is 0 Å². The molecule has 2 aliphatic rings. The van der Waals surface area contributed by atoms with E-state index in [4.69, 9.17) is 4.74 Å². The molecule has 2 aliphatic heterocycles. The molecule has 0 bridgehead atoms. The van der Waals surface area contributed by atoms with Crippen LogP contribution in [0.25, 0.3) is 0 Å². The summed E-state index contributed by atoms with van der Waals surface area (Å²) in [4.78, 5) is 0.273. The third-order valence-electron chi connectivity index (χ3n) is 4.88. The molecule has 2 fully saturated rings. The first kappa shape index (κ1) is 16.7. The molecule has 2 N–H and O–H groups in total. The fraction of sp³-hybridized carbons (Fsp3) is 0.625. The highest BCUT2D eigenvalue weighted by Crippen LogP contribution is 2.35. The largest absolute Gasteiger partial charge is 0.494 e. The molecule has 0 aromatic heterocycles. The predicted octanol–water partition coefficient (Wildman–Crippen LogP) is 0.820. The average molecular weight is 340 g/mol. The molecule has 3 rings (SSSR count). The summed E-state index contributed by atoms with van der Waals surface area (Å²) in [5, 5.41) is 13.9. The molecule has 0 spiro atoms. The lowest BCUT2D eigenvalue weighted by Gasteiger charge is -2.46. The second-order valence-corrected chi connectivity index (χ2v) is 8.21. The second-order valence-electron chi connectivity index (χ2n) is 6.27. The maximum atomic E-state index is 12.8. The van der Waals surface area contributed by atoms with Crippen molar-refractivity contribution < 1.29 is 18.3 Å². The van der Waals surface area contributed by atoms with Gasteiger partial charge in [0.15, 0.2) is 0 Å². The van der Waals surface area contributed by atoms with E-state index in [1.807, 2.05) is 6.92 Å². The van der Waals surface area contributed by atoms with Gasteiger partial charge in [-0.3, -0.25) is 0 Å². The predicted molar refractivity (Wildman–Crippen MR) is 86.9 cm³/mol. The number of nitrogens with zero attached hydrogens (tertiary/aromatic N) is 1. The SMILES string of the molecule is CCOc1ccc(S(=O)(=O)N2CC[C@@]3(O)CCNC[C@H]3C2)cc1. The molecule has 128 valence electrons. The van der Waals surface area contributed by atoms with Gasteiger partial charge in [0.1, 0.15) is 5.75 Å². The van der Waals surface area contributed by atoms with Gasteiger partial charge in [-0.2, -0.15) is 4.31 Å². The van der Waals surface area contributed by atoms with Crippen molar-refractivity contribution in [2.75, 3.05) is 32.8 Å². The number of sulfonamides is 1. The van der Waals surface area contributed by atoms with Crippen LogP contribution >= 0.6 is 0 Å². The summed E-state index contributed by atoms with van der Waals surface area (Å²) < 4.78 is 32.5. The van der Waals surface area contributed by atoms with E-state index in [2.05, 4.69) is 5.32 Å². The topological polar surface area (TPSA) is 78.9 Å². The highest BCUT2D eigenvalue weighted by atomic mass is 32.2. The summed E-state index contributed by atoms with van der Waals surface area (Å²) in [6, 6.07) is 6.53. The van der Waals surface area contributed by atoms with Gasteiger partial charge in [0.05, 0.1) is 17.1 Å². The Kier molecular flexibility index (Phi) is 4.64. The van der Waals surface area contributed by atoms with Crippen molar-refractivity contribution in [3.05, 3.63) is 24.3 Å². The first-order valence-corrected chi connectivity index (χ1v) is 9.56. The molecule has 1 aromatic carbocycles. The Morgan fingerprint density at radius 2 is 2.09 bits per heavy atom. The number of ether oxygens (including phenoxy) is 1. The Labute approximate surface area is 137 Å². The molecule has 23 heavy (non-hydrogen) atoms. The number of piperidine rings is 2. The van der Waals surface area contributed by atoms with Gasteiger partial charge in [0, 0.05) is 25.6 Å². The lowest BCUT2D eigenvalue weighted by Crippen LogP contribution is -2.59. The van der Waals surface area contributed by atoms with E-state index in [9.17, 15) is 13.5 Å². The van der Waals surface area contributed by atoms with Gasteiger partial charge in [-0.1, -0.05) is 0 Å². The Bertz CT molecular complexity index is 647. The summed E-state index contributed by atoms with van der Waals surface area (Å²) in [7, 11) is -3.53. The monoisotopic (exact) mass is 340 g/mol. The van der Waals surface area contributed by atoms with Crippen molar-refractivity contribution in [2.24, 2.45) is 5.92 Å². The molecule has 0 saturated carbocycles. The van der Waals surface area contributed by atoms with Crippen LogP contribution in [0.4, 0.5) is 0 Å². The standard InChI is InChI=1S/C16H24N2O4S/c1-2-22-14-3-5-15(6-4-14)23(20,21)18-10-8-16(19)7-9-17-11-13(16)12-18/h3-6,13,17,19H,2,7-12H2,1H3/t13-,16-/m0/s1. The number of hydrogen-bond acceptors (Lipinski definition) is 5. The Hall–Kier alpha value is -1.15. The van der Waals surface area contributed by atoms with Crippen LogP contribution in [0.5, 0.6) is 5.75 Å². The summed E-state index contributed by atoms with van der Waals surface area (Å²) in [5.41, 5.74) is -0.726. The smallest absolute Gasteiger partial charge is 0.243 e. The normalized spacial score (nSPS) is 29.0. The number of nitrogens with one attached hydrogen (secondary N) is 1. The van der Waals surface area contributed by atoms with E-state index >= 15 is 0 Å². The van der Waals surface area contributed by atoms with E-state index in [1.54, 1.807) is 24.3 Å². The van der Waals surface area contributed by atoms with Crippen molar-refractivity contribution in [3.8, 4) is 5.75 Å². The van der Waals surface area contributed by atoms with Gasteiger partial charge in [-0.05, 0) is 50.6 Å². The van der Waals surface area contributed by atoms with Crippen molar-refractivity contribution in [2.45, 2.75) is 30.3 Å². The first-order valence-electron chi connectivity index (χ1n) is 8.12. The molecule has 7 heteroatoms. The molecule has 2 heterocycles. The highest BCUT2D eigenvalue weighted by Gasteiger charge is 2.45. The molecular weight excluding hydrogens is 316 g/mol. The van der Waals surface area contributed by atoms with Crippen molar-refractivity contribution in [1.82, 2.24) is 9.62 Å². The quantitative estimate of drug-likeness (QED) is 0.848. The van der Waals surface area contributed by atoms with Crippen LogP contribution in [-0.2, 0) is 10.0 Å². The van der Waals surface area contributed by atoms with Gasteiger partial charge in [0.25, 0.3) is 0 Å². The van der Waals surface area contributed by atoms with Crippen LogP contribution in [0, 0.1) is 5.92 Å². The minimum Gasteiger partial charge on any atom is -0.494 e. The number of rotatable bonds is 4. The molecule has 1 aromatic rings. The zero-order chi connectivity index (χ0) is 16.5. The van der Waals surface area contributed by atoms with Gasteiger partial charge in [0.2, 0.25) is 10.0 Å². The summed E-state index contributed by atoms with van der Waals surface area (Å²) >= 11 is 0. The lowest BCUT2D eigenvalue weighted by molar-refractivity contribution is -0.0744. The van der Waals surface area contributed by atoms with Crippen LogP contribution in [0.1, 0.15) is 19.8 Å². The maximum Gasteiger partial charge on any atom is 0.243 e. The molecule has 0 aliphatic carbocycles. The maximum absolute atomic E-state index is 12.8. The summed E-state index contributed by atoms with van der Waals surface area (Å²) in [6.07, 6.45) is 1.18. The fourth-order valence-electron chi connectivity index (χ4n) is 3.44. The summed E-state index contributed by atoms with van der Waals surface area (Å²) in [6.45, 7) is 4.61. The van der Waals surface area contributed by atoms with Gasteiger partial charge in [-0.25, -0.2) is 8.42 Å². The fourth-order valence-corrected chi connectivity index (χ4v) is 4.92. The molecule has 6 nitrogen and oxygen atoms in total. The van der Waals surface area contributed by atoms with E-state index in [1.165, 1.54) is 4.31 Å². The van der Waals surface area contributed by atoms with Crippen molar-refractivity contribution >= 4 is 10.0 Å². The Morgan fingerprint density at radius 1 is 1.35 bits per heavy atom. The molecule has 2 atom stereocenters. The molecule has 0 unspecified atom stereocenters.